The van der Waals surface area contributed by atoms with Crippen LogP contribution in [0.3, 0.4) is 0 Å². The third kappa shape index (κ3) is 4.65. The Hall–Kier alpha value is -2.53. The number of hydrogen-bond donors (Lipinski definition) is 1. The maximum Gasteiger partial charge on any atom is 0.241 e. The number of amides is 1. The van der Waals surface area contributed by atoms with Gasteiger partial charge in [0.15, 0.2) is 0 Å². The van der Waals surface area contributed by atoms with E-state index in [1.807, 2.05) is 58.0 Å². The summed E-state index contributed by atoms with van der Waals surface area (Å²) in [5, 5.41) is 3.10. The summed E-state index contributed by atoms with van der Waals surface area (Å²) < 4.78 is 5.77. The molecule has 1 aliphatic heterocycles. The molecule has 150 valence electrons. The summed E-state index contributed by atoms with van der Waals surface area (Å²) >= 11 is 0. The lowest BCUT2D eigenvalue weighted by atomic mass is 10.1. The van der Waals surface area contributed by atoms with E-state index >= 15 is 0 Å². The van der Waals surface area contributed by atoms with Crippen LogP contribution in [0.25, 0.3) is 0 Å². The van der Waals surface area contributed by atoms with E-state index in [2.05, 4.69) is 27.2 Å². The summed E-state index contributed by atoms with van der Waals surface area (Å²) in [6, 6.07) is 14.2. The number of benzene rings is 2. The molecule has 1 aliphatic rings. The van der Waals surface area contributed by atoms with Crippen LogP contribution in [-0.2, 0) is 4.79 Å². The molecule has 3 rings (SSSR count). The van der Waals surface area contributed by atoms with Gasteiger partial charge in [-0.05, 0) is 57.0 Å². The Labute approximate surface area is 168 Å². The average Bonchev–Trinajstić information content (AvgIpc) is 2.71. The van der Waals surface area contributed by atoms with Crippen molar-refractivity contribution >= 4 is 17.3 Å². The fourth-order valence-corrected chi connectivity index (χ4v) is 3.62. The van der Waals surface area contributed by atoms with Gasteiger partial charge < -0.3 is 15.0 Å². The summed E-state index contributed by atoms with van der Waals surface area (Å²) in [7, 11) is 0. The second-order valence-corrected chi connectivity index (χ2v) is 7.41. The van der Waals surface area contributed by atoms with Crippen molar-refractivity contribution in [3.63, 3.8) is 0 Å². The molecule has 2 aromatic rings. The number of nitrogens with zero attached hydrogens (tertiary/aromatic N) is 2. The largest absolute Gasteiger partial charge is 0.492 e. The molecule has 1 amide bonds. The van der Waals surface area contributed by atoms with E-state index in [1.54, 1.807) is 0 Å². The van der Waals surface area contributed by atoms with E-state index < -0.39 is 0 Å². The predicted molar refractivity (Wildman–Crippen MR) is 115 cm³/mol. The zero-order valence-electron chi connectivity index (χ0n) is 17.4. The molecule has 1 heterocycles. The number of hydrogen-bond acceptors (Lipinski definition) is 4. The number of ether oxygens (including phenoxy) is 1. The number of carbonyl (C=O) groups is 1. The van der Waals surface area contributed by atoms with Gasteiger partial charge in [-0.1, -0.05) is 24.3 Å². The number of rotatable bonds is 6. The molecule has 1 N–H and O–H groups in total. The highest BCUT2D eigenvalue weighted by Gasteiger charge is 2.26. The van der Waals surface area contributed by atoms with Gasteiger partial charge in [-0.25, -0.2) is 0 Å². The fraction of sp³-hybridized carbons (Fsp3) is 0.435. The van der Waals surface area contributed by atoms with Crippen LogP contribution in [0.4, 0.5) is 11.4 Å². The molecular weight excluding hydrogens is 350 g/mol. The monoisotopic (exact) mass is 381 g/mol. The standard InChI is InChI=1S/C23H31N3O2/c1-5-28-22-9-7-6-8-21(22)26-14-12-25(13-15-26)19(4)23(27)24-20-16-17(2)10-11-18(20)3/h6-11,16,19H,5,12-15H2,1-4H3,(H,24,27)/t19-/m1/s1. The molecule has 1 saturated heterocycles. The number of piperazine rings is 1. The Morgan fingerprint density at radius 3 is 2.54 bits per heavy atom. The highest BCUT2D eigenvalue weighted by Crippen LogP contribution is 2.29. The van der Waals surface area contributed by atoms with E-state index in [9.17, 15) is 4.79 Å². The molecule has 5 heteroatoms. The van der Waals surface area contributed by atoms with Crippen LogP contribution in [0.15, 0.2) is 42.5 Å². The van der Waals surface area contributed by atoms with Gasteiger partial charge in [0.2, 0.25) is 5.91 Å². The van der Waals surface area contributed by atoms with Gasteiger partial charge in [0.25, 0.3) is 0 Å². The van der Waals surface area contributed by atoms with E-state index in [-0.39, 0.29) is 11.9 Å². The van der Waals surface area contributed by atoms with Crippen molar-refractivity contribution in [1.82, 2.24) is 4.90 Å². The summed E-state index contributed by atoms with van der Waals surface area (Å²) in [5.74, 6) is 0.982. The maximum atomic E-state index is 12.8. The Morgan fingerprint density at radius 1 is 1.11 bits per heavy atom. The molecule has 0 spiro atoms. The van der Waals surface area contributed by atoms with Gasteiger partial charge in [0.05, 0.1) is 18.3 Å². The van der Waals surface area contributed by atoms with E-state index in [0.29, 0.717) is 6.61 Å². The predicted octanol–water partition coefficient (Wildman–Crippen LogP) is 3.85. The van der Waals surface area contributed by atoms with Crippen LogP contribution in [0.5, 0.6) is 5.75 Å². The van der Waals surface area contributed by atoms with Crippen LogP contribution in [0.1, 0.15) is 25.0 Å². The maximum absolute atomic E-state index is 12.8. The van der Waals surface area contributed by atoms with Crippen LogP contribution in [0, 0.1) is 13.8 Å². The number of anilines is 2. The molecule has 0 unspecified atom stereocenters. The van der Waals surface area contributed by atoms with Gasteiger partial charge in [-0.3, -0.25) is 9.69 Å². The molecule has 1 fully saturated rings. The lowest BCUT2D eigenvalue weighted by Crippen LogP contribution is -2.53. The molecule has 2 aromatic carbocycles. The molecule has 0 aromatic heterocycles. The first kappa shape index (κ1) is 20.2. The minimum atomic E-state index is -0.163. The second-order valence-electron chi connectivity index (χ2n) is 7.41. The number of nitrogens with one attached hydrogen (secondary N) is 1. The minimum Gasteiger partial charge on any atom is -0.492 e. The molecule has 0 aliphatic carbocycles. The normalized spacial score (nSPS) is 15.9. The Morgan fingerprint density at radius 2 is 1.82 bits per heavy atom. The van der Waals surface area contributed by atoms with Gasteiger partial charge in [0.1, 0.15) is 5.75 Å². The van der Waals surface area contributed by atoms with Crippen molar-refractivity contribution in [3.8, 4) is 5.75 Å². The van der Waals surface area contributed by atoms with Crippen molar-refractivity contribution < 1.29 is 9.53 Å². The second kappa shape index (κ2) is 9.11. The summed E-state index contributed by atoms with van der Waals surface area (Å²) in [5.41, 5.74) is 4.27. The SMILES string of the molecule is CCOc1ccccc1N1CCN([C@H](C)C(=O)Nc2cc(C)ccc2C)CC1. The molecule has 0 saturated carbocycles. The zero-order valence-corrected chi connectivity index (χ0v) is 17.4. The van der Waals surface area contributed by atoms with Gasteiger partial charge in [0, 0.05) is 31.9 Å². The third-order valence-electron chi connectivity index (χ3n) is 5.40. The quantitative estimate of drug-likeness (QED) is 0.825. The highest BCUT2D eigenvalue weighted by atomic mass is 16.5. The van der Waals surface area contributed by atoms with Crippen molar-refractivity contribution in [2.45, 2.75) is 33.7 Å². The summed E-state index contributed by atoms with van der Waals surface area (Å²) in [6.45, 7) is 12.2. The van der Waals surface area contributed by atoms with Crippen molar-refractivity contribution in [1.29, 1.82) is 0 Å². The first-order valence-corrected chi connectivity index (χ1v) is 10.1. The van der Waals surface area contributed by atoms with Crippen LogP contribution in [0.2, 0.25) is 0 Å². The lowest BCUT2D eigenvalue weighted by molar-refractivity contribution is -0.120. The summed E-state index contributed by atoms with van der Waals surface area (Å²) in [6.07, 6.45) is 0. The first-order chi connectivity index (χ1) is 13.5. The van der Waals surface area contributed by atoms with Crippen LogP contribution >= 0.6 is 0 Å². The van der Waals surface area contributed by atoms with Gasteiger partial charge in [-0.15, -0.1) is 0 Å². The fourth-order valence-electron chi connectivity index (χ4n) is 3.62. The molecular formula is C23H31N3O2. The smallest absolute Gasteiger partial charge is 0.241 e. The average molecular weight is 382 g/mol. The molecule has 28 heavy (non-hydrogen) atoms. The molecule has 0 radical (unpaired) electrons. The van der Waals surface area contributed by atoms with Gasteiger partial charge in [-0.2, -0.15) is 0 Å². The molecule has 1 atom stereocenters. The molecule has 5 nitrogen and oxygen atoms in total. The van der Waals surface area contributed by atoms with E-state index in [4.69, 9.17) is 4.74 Å². The Balaban J connectivity index is 1.60. The zero-order chi connectivity index (χ0) is 20.1. The number of para-hydroxylation sites is 2. The Bertz CT molecular complexity index is 813. The van der Waals surface area contributed by atoms with E-state index in [0.717, 1.165) is 54.4 Å². The van der Waals surface area contributed by atoms with Crippen LogP contribution in [-0.4, -0.2) is 49.6 Å². The van der Waals surface area contributed by atoms with Crippen molar-refractivity contribution in [2.75, 3.05) is 43.0 Å². The van der Waals surface area contributed by atoms with Crippen LogP contribution < -0.4 is 15.0 Å². The topological polar surface area (TPSA) is 44.8 Å². The number of aryl methyl sites for hydroxylation is 2. The summed E-state index contributed by atoms with van der Waals surface area (Å²) in [4.78, 5) is 17.4. The minimum absolute atomic E-state index is 0.0527. The lowest BCUT2D eigenvalue weighted by Gasteiger charge is -2.39. The van der Waals surface area contributed by atoms with E-state index in [1.165, 1.54) is 0 Å². The van der Waals surface area contributed by atoms with Gasteiger partial charge >= 0.3 is 0 Å². The number of carbonyl (C=O) groups excluding carboxylic acids is 1. The highest BCUT2D eigenvalue weighted by molar-refractivity contribution is 5.95. The third-order valence-corrected chi connectivity index (χ3v) is 5.40. The van der Waals surface area contributed by atoms with Crippen molar-refractivity contribution in [3.05, 3.63) is 53.6 Å². The first-order valence-electron chi connectivity index (χ1n) is 10.1. The van der Waals surface area contributed by atoms with Crippen molar-refractivity contribution in [2.24, 2.45) is 0 Å². The Kier molecular flexibility index (Phi) is 6.57. The molecule has 0 bridgehead atoms.